The summed E-state index contributed by atoms with van der Waals surface area (Å²) in [4.78, 5) is 23.0. The number of aromatic carboxylic acids is 1. The van der Waals surface area contributed by atoms with Crippen LogP contribution in [0.25, 0.3) is 0 Å². The van der Waals surface area contributed by atoms with Crippen LogP contribution < -0.4 is 5.32 Å². The van der Waals surface area contributed by atoms with E-state index in [1.54, 1.807) is 18.2 Å². The summed E-state index contributed by atoms with van der Waals surface area (Å²) in [5.74, 6) is -1.24. The zero-order valence-electron chi connectivity index (χ0n) is 10.7. The van der Waals surface area contributed by atoms with Crippen LogP contribution in [0.5, 0.6) is 0 Å². The van der Waals surface area contributed by atoms with Gasteiger partial charge in [-0.05, 0) is 52.7 Å². The van der Waals surface area contributed by atoms with Crippen molar-refractivity contribution in [3.05, 3.63) is 63.6 Å². The van der Waals surface area contributed by atoms with Crippen molar-refractivity contribution in [3.63, 3.8) is 0 Å². The molecular weight excluding hydrogens is 322 g/mol. The van der Waals surface area contributed by atoms with Gasteiger partial charge in [0.05, 0.1) is 11.3 Å². The highest BCUT2D eigenvalue weighted by Crippen LogP contribution is 2.24. The molecule has 2 rings (SSSR count). The lowest BCUT2D eigenvalue weighted by atomic mass is 10.1. The predicted octanol–water partition coefficient (Wildman–Crippen LogP) is 3.71. The van der Waals surface area contributed by atoms with Gasteiger partial charge in [0.1, 0.15) is 0 Å². The summed E-state index contributed by atoms with van der Waals surface area (Å²) in [6.07, 6.45) is 0. The number of rotatable bonds is 3. The van der Waals surface area contributed by atoms with Crippen LogP contribution in [0.2, 0.25) is 0 Å². The van der Waals surface area contributed by atoms with Gasteiger partial charge in [-0.25, -0.2) is 4.79 Å². The predicted molar refractivity (Wildman–Crippen MR) is 80.2 cm³/mol. The molecule has 4 nitrogen and oxygen atoms in total. The molecule has 0 bridgehead atoms. The number of amides is 1. The standard InChI is InChI=1S/C15H12BrNO3/c1-9-4-2-3-5-11(9)14(18)17-13-7-6-10(15(19)20)8-12(13)16/h2-8H,1H3,(H,17,18)(H,19,20). The Morgan fingerprint density at radius 3 is 2.45 bits per heavy atom. The van der Waals surface area contributed by atoms with Crippen LogP contribution in [0.1, 0.15) is 26.3 Å². The number of halogens is 1. The number of aryl methyl sites for hydroxylation is 1. The molecule has 0 unspecified atom stereocenters. The molecule has 0 heterocycles. The number of anilines is 1. The number of carbonyl (C=O) groups is 2. The molecule has 0 spiro atoms. The molecular formula is C15H12BrNO3. The van der Waals surface area contributed by atoms with Gasteiger partial charge in [0.15, 0.2) is 0 Å². The summed E-state index contributed by atoms with van der Waals surface area (Å²) in [7, 11) is 0. The highest BCUT2D eigenvalue weighted by atomic mass is 79.9. The van der Waals surface area contributed by atoms with Gasteiger partial charge in [0.25, 0.3) is 5.91 Å². The van der Waals surface area contributed by atoms with Crippen molar-refractivity contribution in [3.8, 4) is 0 Å². The average molecular weight is 334 g/mol. The second-order valence-electron chi connectivity index (χ2n) is 4.27. The fourth-order valence-corrected chi connectivity index (χ4v) is 2.24. The van der Waals surface area contributed by atoms with E-state index in [1.807, 2.05) is 19.1 Å². The molecule has 0 radical (unpaired) electrons. The van der Waals surface area contributed by atoms with Gasteiger partial charge in [-0.2, -0.15) is 0 Å². The SMILES string of the molecule is Cc1ccccc1C(=O)Nc1ccc(C(=O)O)cc1Br. The Balaban J connectivity index is 2.25. The molecule has 5 heteroatoms. The molecule has 0 fully saturated rings. The van der Waals surface area contributed by atoms with E-state index in [0.717, 1.165) is 5.56 Å². The number of nitrogens with one attached hydrogen (secondary N) is 1. The minimum Gasteiger partial charge on any atom is -0.478 e. The molecule has 1 amide bonds. The highest BCUT2D eigenvalue weighted by Gasteiger charge is 2.12. The van der Waals surface area contributed by atoms with Crippen LogP contribution in [0, 0.1) is 6.92 Å². The largest absolute Gasteiger partial charge is 0.478 e. The van der Waals surface area contributed by atoms with Crippen molar-refractivity contribution < 1.29 is 14.7 Å². The second kappa shape index (κ2) is 5.88. The molecule has 0 aliphatic carbocycles. The van der Waals surface area contributed by atoms with E-state index < -0.39 is 5.97 Å². The summed E-state index contributed by atoms with van der Waals surface area (Å²) >= 11 is 3.26. The Morgan fingerprint density at radius 2 is 1.85 bits per heavy atom. The van der Waals surface area contributed by atoms with Gasteiger partial charge in [-0.1, -0.05) is 18.2 Å². The van der Waals surface area contributed by atoms with Crippen LogP contribution in [0.4, 0.5) is 5.69 Å². The third-order valence-electron chi connectivity index (χ3n) is 2.85. The normalized spacial score (nSPS) is 10.1. The summed E-state index contributed by atoms with van der Waals surface area (Å²) in [6.45, 7) is 1.86. The molecule has 0 aliphatic heterocycles. The Bertz CT molecular complexity index is 683. The van der Waals surface area contributed by atoms with Gasteiger partial charge < -0.3 is 10.4 Å². The molecule has 2 aromatic carbocycles. The van der Waals surface area contributed by atoms with Crippen molar-refractivity contribution in [2.45, 2.75) is 6.92 Å². The molecule has 0 saturated carbocycles. The van der Waals surface area contributed by atoms with E-state index in [0.29, 0.717) is 15.7 Å². The van der Waals surface area contributed by atoms with Crippen LogP contribution >= 0.6 is 15.9 Å². The van der Waals surface area contributed by atoms with E-state index >= 15 is 0 Å². The summed E-state index contributed by atoms with van der Waals surface area (Å²) in [5.41, 5.74) is 2.15. The smallest absolute Gasteiger partial charge is 0.335 e. The molecule has 2 N–H and O–H groups in total. The van der Waals surface area contributed by atoms with Crippen LogP contribution in [0.15, 0.2) is 46.9 Å². The third-order valence-corrected chi connectivity index (χ3v) is 3.51. The first-order valence-corrected chi connectivity index (χ1v) is 6.68. The van der Waals surface area contributed by atoms with Crippen LogP contribution in [0.3, 0.4) is 0 Å². The second-order valence-corrected chi connectivity index (χ2v) is 5.12. The van der Waals surface area contributed by atoms with E-state index in [4.69, 9.17) is 5.11 Å². The zero-order chi connectivity index (χ0) is 14.7. The Labute approximate surface area is 124 Å². The van der Waals surface area contributed by atoms with E-state index in [1.165, 1.54) is 12.1 Å². The average Bonchev–Trinajstić information content (AvgIpc) is 2.41. The molecule has 0 atom stereocenters. The van der Waals surface area contributed by atoms with E-state index in [9.17, 15) is 9.59 Å². The van der Waals surface area contributed by atoms with Crippen molar-refractivity contribution >= 4 is 33.5 Å². The van der Waals surface area contributed by atoms with Gasteiger partial charge in [-0.15, -0.1) is 0 Å². The Hall–Kier alpha value is -2.14. The maximum atomic E-state index is 12.2. The summed E-state index contributed by atoms with van der Waals surface area (Å²) < 4.78 is 0.527. The fraction of sp³-hybridized carbons (Fsp3) is 0.0667. The number of hydrogen-bond acceptors (Lipinski definition) is 2. The number of carboxylic acids is 1. The van der Waals surface area contributed by atoms with Crippen molar-refractivity contribution in [1.29, 1.82) is 0 Å². The molecule has 20 heavy (non-hydrogen) atoms. The minimum absolute atomic E-state index is 0.158. The lowest BCUT2D eigenvalue weighted by molar-refractivity contribution is 0.0696. The number of hydrogen-bond donors (Lipinski definition) is 2. The number of carboxylic acid groups (broad SMARTS) is 1. The van der Waals surface area contributed by atoms with Crippen molar-refractivity contribution in [2.24, 2.45) is 0 Å². The molecule has 0 aromatic heterocycles. The highest BCUT2D eigenvalue weighted by molar-refractivity contribution is 9.10. The van der Waals surface area contributed by atoms with Crippen molar-refractivity contribution in [1.82, 2.24) is 0 Å². The lowest BCUT2D eigenvalue weighted by Gasteiger charge is -2.09. The van der Waals surface area contributed by atoms with Crippen LogP contribution in [-0.4, -0.2) is 17.0 Å². The molecule has 0 saturated heterocycles. The summed E-state index contributed by atoms with van der Waals surface area (Å²) in [5, 5.41) is 11.6. The van der Waals surface area contributed by atoms with Gasteiger partial charge in [0.2, 0.25) is 0 Å². The first-order valence-electron chi connectivity index (χ1n) is 5.89. The van der Waals surface area contributed by atoms with E-state index in [2.05, 4.69) is 21.2 Å². The van der Waals surface area contributed by atoms with Gasteiger partial charge >= 0.3 is 5.97 Å². The first kappa shape index (κ1) is 14.3. The van der Waals surface area contributed by atoms with Crippen LogP contribution in [-0.2, 0) is 0 Å². The Kier molecular flexibility index (Phi) is 4.20. The van der Waals surface area contributed by atoms with Gasteiger partial charge in [0, 0.05) is 10.0 Å². The van der Waals surface area contributed by atoms with Gasteiger partial charge in [-0.3, -0.25) is 4.79 Å². The molecule has 0 aliphatic rings. The topological polar surface area (TPSA) is 66.4 Å². The third kappa shape index (κ3) is 3.05. The maximum Gasteiger partial charge on any atom is 0.335 e. The van der Waals surface area contributed by atoms with E-state index in [-0.39, 0.29) is 11.5 Å². The quantitative estimate of drug-likeness (QED) is 0.899. The summed E-state index contributed by atoms with van der Waals surface area (Å²) in [6, 6.07) is 11.7. The Morgan fingerprint density at radius 1 is 1.15 bits per heavy atom. The van der Waals surface area contributed by atoms with Crippen molar-refractivity contribution in [2.75, 3.05) is 5.32 Å². The lowest BCUT2D eigenvalue weighted by Crippen LogP contribution is -2.13. The molecule has 102 valence electrons. The number of carbonyl (C=O) groups excluding carboxylic acids is 1. The molecule has 2 aromatic rings. The fourth-order valence-electron chi connectivity index (χ4n) is 1.77. The maximum absolute atomic E-state index is 12.2. The zero-order valence-corrected chi connectivity index (χ0v) is 12.3. The monoisotopic (exact) mass is 333 g/mol. The minimum atomic E-state index is -1.01. The number of benzene rings is 2. The first-order chi connectivity index (χ1) is 9.49.